The minimum Gasteiger partial charge on any atom is -0.376 e. The topological polar surface area (TPSA) is 48.3 Å². The molecule has 0 spiro atoms. The molecule has 1 unspecified atom stereocenters. The molecule has 2 aromatic rings. The Kier molecular flexibility index (Phi) is 3.99. The number of para-hydroxylation sites is 1. The van der Waals surface area contributed by atoms with Crippen LogP contribution in [-0.4, -0.2) is 42.0 Å². The summed E-state index contributed by atoms with van der Waals surface area (Å²) in [5, 5.41) is 3.35. The Labute approximate surface area is 118 Å². The first-order valence-corrected chi connectivity index (χ1v) is 6.87. The van der Waals surface area contributed by atoms with Crippen LogP contribution in [0.2, 0.25) is 0 Å². The van der Waals surface area contributed by atoms with Gasteiger partial charge in [0.2, 0.25) is 5.95 Å². The Morgan fingerprint density at radius 3 is 2.90 bits per heavy atom. The number of nitrogens with zero attached hydrogens (tertiary/aromatic N) is 2. The van der Waals surface area contributed by atoms with E-state index in [1.54, 1.807) is 0 Å². The van der Waals surface area contributed by atoms with E-state index in [9.17, 15) is 0 Å². The van der Waals surface area contributed by atoms with Crippen molar-refractivity contribution in [2.24, 2.45) is 0 Å². The van der Waals surface area contributed by atoms with Crippen LogP contribution in [0.25, 0.3) is 5.69 Å². The molecule has 20 heavy (non-hydrogen) atoms. The van der Waals surface area contributed by atoms with Crippen molar-refractivity contribution in [1.82, 2.24) is 9.55 Å². The second-order valence-electron chi connectivity index (χ2n) is 4.86. The molecule has 1 saturated heterocycles. The molecule has 0 saturated carbocycles. The SMILES string of the molecule is Cc1cn(-c2ccccc2)c(NCC2COCCO2)n1. The molecule has 5 nitrogen and oxygen atoms in total. The third-order valence-corrected chi connectivity index (χ3v) is 3.23. The number of aromatic nitrogens is 2. The number of anilines is 1. The monoisotopic (exact) mass is 273 g/mol. The number of imidazole rings is 1. The zero-order valence-electron chi connectivity index (χ0n) is 11.6. The molecule has 0 bridgehead atoms. The fourth-order valence-corrected chi connectivity index (χ4v) is 2.27. The number of rotatable bonds is 4. The highest BCUT2D eigenvalue weighted by Crippen LogP contribution is 2.16. The van der Waals surface area contributed by atoms with E-state index in [2.05, 4.69) is 27.0 Å². The van der Waals surface area contributed by atoms with E-state index in [1.165, 1.54) is 0 Å². The van der Waals surface area contributed by atoms with Gasteiger partial charge in [0.25, 0.3) is 0 Å². The second kappa shape index (κ2) is 6.07. The highest BCUT2D eigenvalue weighted by molar-refractivity contribution is 5.43. The van der Waals surface area contributed by atoms with Crippen molar-refractivity contribution >= 4 is 5.95 Å². The van der Waals surface area contributed by atoms with E-state index < -0.39 is 0 Å². The van der Waals surface area contributed by atoms with Gasteiger partial charge in [0.1, 0.15) is 0 Å². The van der Waals surface area contributed by atoms with Crippen molar-refractivity contribution in [1.29, 1.82) is 0 Å². The second-order valence-corrected chi connectivity index (χ2v) is 4.86. The Morgan fingerprint density at radius 2 is 2.15 bits per heavy atom. The molecular weight excluding hydrogens is 254 g/mol. The van der Waals surface area contributed by atoms with Crippen molar-refractivity contribution in [3.05, 3.63) is 42.2 Å². The number of nitrogens with one attached hydrogen (secondary N) is 1. The molecular formula is C15H19N3O2. The maximum atomic E-state index is 5.63. The van der Waals surface area contributed by atoms with Gasteiger partial charge in [-0.3, -0.25) is 4.57 Å². The van der Waals surface area contributed by atoms with Crippen LogP contribution < -0.4 is 5.32 Å². The fraction of sp³-hybridized carbons (Fsp3) is 0.400. The molecule has 0 aliphatic carbocycles. The van der Waals surface area contributed by atoms with E-state index in [0.29, 0.717) is 26.4 Å². The van der Waals surface area contributed by atoms with Crippen LogP contribution in [0, 0.1) is 6.92 Å². The van der Waals surface area contributed by atoms with Crippen LogP contribution in [0.1, 0.15) is 5.69 Å². The van der Waals surface area contributed by atoms with Gasteiger partial charge in [0, 0.05) is 18.4 Å². The predicted octanol–water partition coefficient (Wildman–Crippen LogP) is 2.01. The molecule has 1 aromatic carbocycles. The molecule has 2 heterocycles. The van der Waals surface area contributed by atoms with Crippen LogP contribution in [0.4, 0.5) is 5.95 Å². The molecule has 0 radical (unpaired) electrons. The van der Waals surface area contributed by atoms with Crippen molar-refractivity contribution in [2.45, 2.75) is 13.0 Å². The number of aryl methyl sites for hydroxylation is 1. The number of benzene rings is 1. The Morgan fingerprint density at radius 1 is 1.30 bits per heavy atom. The molecule has 5 heteroatoms. The summed E-state index contributed by atoms with van der Waals surface area (Å²) in [6.45, 7) is 4.68. The minimum absolute atomic E-state index is 0.0879. The van der Waals surface area contributed by atoms with Crippen LogP contribution >= 0.6 is 0 Å². The van der Waals surface area contributed by atoms with Crippen molar-refractivity contribution in [3.63, 3.8) is 0 Å². The zero-order chi connectivity index (χ0) is 13.8. The summed E-state index contributed by atoms with van der Waals surface area (Å²) < 4.78 is 13.1. The van der Waals surface area contributed by atoms with Crippen molar-refractivity contribution in [2.75, 3.05) is 31.7 Å². The standard InChI is InChI=1S/C15H19N3O2/c1-12-10-18(13-5-3-2-4-6-13)15(17-12)16-9-14-11-19-7-8-20-14/h2-6,10,14H,7-9,11H2,1H3,(H,16,17). The Hall–Kier alpha value is -1.85. The highest BCUT2D eigenvalue weighted by atomic mass is 16.6. The van der Waals surface area contributed by atoms with Gasteiger partial charge >= 0.3 is 0 Å². The highest BCUT2D eigenvalue weighted by Gasteiger charge is 2.15. The molecule has 1 N–H and O–H groups in total. The molecule has 3 rings (SSSR count). The van der Waals surface area contributed by atoms with Gasteiger partial charge in [0.05, 0.1) is 31.6 Å². The average molecular weight is 273 g/mol. The van der Waals surface area contributed by atoms with E-state index in [0.717, 1.165) is 17.3 Å². The fourth-order valence-electron chi connectivity index (χ4n) is 2.27. The lowest BCUT2D eigenvalue weighted by Gasteiger charge is -2.23. The van der Waals surface area contributed by atoms with Gasteiger partial charge in [-0.1, -0.05) is 18.2 Å². The van der Waals surface area contributed by atoms with Crippen molar-refractivity contribution in [3.8, 4) is 5.69 Å². The molecule has 1 aliphatic rings. The molecule has 106 valence electrons. The van der Waals surface area contributed by atoms with Crippen molar-refractivity contribution < 1.29 is 9.47 Å². The summed E-state index contributed by atoms with van der Waals surface area (Å²) in [5.74, 6) is 0.836. The van der Waals surface area contributed by atoms with Gasteiger partial charge in [-0.25, -0.2) is 4.98 Å². The summed E-state index contributed by atoms with van der Waals surface area (Å²) in [5.41, 5.74) is 2.08. The quantitative estimate of drug-likeness (QED) is 0.925. The summed E-state index contributed by atoms with van der Waals surface area (Å²) in [6, 6.07) is 10.2. The Balaban J connectivity index is 1.73. The number of ether oxygens (including phenoxy) is 2. The first-order valence-electron chi connectivity index (χ1n) is 6.87. The number of hydrogen-bond acceptors (Lipinski definition) is 4. The first-order chi connectivity index (χ1) is 9.83. The van der Waals surface area contributed by atoms with Gasteiger partial charge < -0.3 is 14.8 Å². The molecule has 1 fully saturated rings. The van der Waals surface area contributed by atoms with Crippen LogP contribution in [0.5, 0.6) is 0 Å². The van der Waals surface area contributed by atoms with E-state index in [4.69, 9.17) is 9.47 Å². The van der Waals surface area contributed by atoms with E-state index >= 15 is 0 Å². The van der Waals surface area contributed by atoms with Gasteiger partial charge in [0.15, 0.2) is 0 Å². The van der Waals surface area contributed by atoms with E-state index in [-0.39, 0.29) is 6.10 Å². The van der Waals surface area contributed by atoms with Crippen LogP contribution in [0.15, 0.2) is 36.5 Å². The van der Waals surface area contributed by atoms with Crippen LogP contribution in [0.3, 0.4) is 0 Å². The summed E-state index contributed by atoms with van der Waals surface area (Å²) >= 11 is 0. The zero-order valence-corrected chi connectivity index (χ0v) is 11.6. The Bertz CT molecular complexity index is 548. The van der Waals surface area contributed by atoms with Crippen LogP contribution in [-0.2, 0) is 9.47 Å². The largest absolute Gasteiger partial charge is 0.376 e. The summed E-state index contributed by atoms with van der Waals surface area (Å²) in [4.78, 5) is 4.53. The maximum Gasteiger partial charge on any atom is 0.207 e. The predicted molar refractivity (Wildman–Crippen MR) is 77.3 cm³/mol. The third kappa shape index (κ3) is 3.00. The minimum atomic E-state index is 0.0879. The lowest BCUT2D eigenvalue weighted by Crippen LogP contribution is -2.34. The molecule has 0 amide bonds. The normalized spacial score (nSPS) is 18.9. The number of hydrogen-bond donors (Lipinski definition) is 1. The summed E-state index contributed by atoms with van der Waals surface area (Å²) in [7, 11) is 0. The summed E-state index contributed by atoms with van der Waals surface area (Å²) in [6.07, 6.45) is 2.11. The van der Waals surface area contributed by atoms with Gasteiger partial charge in [-0.2, -0.15) is 0 Å². The molecule has 1 atom stereocenters. The lowest BCUT2D eigenvalue weighted by molar-refractivity contribution is -0.0819. The molecule has 1 aliphatic heterocycles. The molecule has 1 aromatic heterocycles. The van der Waals surface area contributed by atoms with Gasteiger partial charge in [-0.05, 0) is 19.1 Å². The van der Waals surface area contributed by atoms with E-state index in [1.807, 2.05) is 31.3 Å². The lowest BCUT2D eigenvalue weighted by atomic mass is 10.3. The smallest absolute Gasteiger partial charge is 0.207 e. The first kappa shape index (κ1) is 13.1. The average Bonchev–Trinajstić information content (AvgIpc) is 2.88. The maximum absolute atomic E-state index is 5.63. The van der Waals surface area contributed by atoms with Gasteiger partial charge in [-0.15, -0.1) is 0 Å². The third-order valence-electron chi connectivity index (χ3n) is 3.23.